The molecule has 1 amide bonds. The van der Waals surface area contributed by atoms with E-state index in [2.05, 4.69) is 15.8 Å². The van der Waals surface area contributed by atoms with Gasteiger partial charge in [-0.15, -0.1) is 5.12 Å². The van der Waals surface area contributed by atoms with E-state index in [-0.39, 0.29) is 12.1 Å². The number of benzene rings is 1. The van der Waals surface area contributed by atoms with Crippen molar-refractivity contribution in [2.24, 2.45) is 0 Å². The van der Waals surface area contributed by atoms with Gasteiger partial charge in [-0.3, -0.25) is 10.2 Å². The second-order valence-corrected chi connectivity index (χ2v) is 5.68. The molecule has 1 unspecified atom stereocenters. The van der Waals surface area contributed by atoms with Crippen molar-refractivity contribution in [1.29, 1.82) is 0 Å². The highest BCUT2D eigenvalue weighted by Gasteiger charge is 2.29. The Morgan fingerprint density at radius 3 is 2.68 bits per heavy atom. The number of hydrogen-bond acceptors (Lipinski definition) is 5. The second-order valence-electron chi connectivity index (χ2n) is 5.68. The lowest BCUT2D eigenvalue weighted by Crippen LogP contribution is -2.63. The van der Waals surface area contributed by atoms with E-state index in [1.807, 2.05) is 35.4 Å². The van der Waals surface area contributed by atoms with Gasteiger partial charge in [0.1, 0.15) is 6.23 Å². The van der Waals surface area contributed by atoms with Crippen molar-refractivity contribution in [2.75, 3.05) is 32.8 Å². The summed E-state index contributed by atoms with van der Waals surface area (Å²) in [6, 6.07) is 9.32. The van der Waals surface area contributed by atoms with Crippen LogP contribution in [0.15, 0.2) is 30.3 Å². The van der Waals surface area contributed by atoms with Crippen molar-refractivity contribution in [3.05, 3.63) is 35.9 Å². The number of rotatable bonds is 4. The summed E-state index contributed by atoms with van der Waals surface area (Å²) in [5.74, 6) is -0.0895. The fraction of sp³-hybridized carbons (Fsp3) is 0.562. The Bertz CT molecular complexity index is 452. The molecule has 2 heterocycles. The molecule has 22 heavy (non-hydrogen) atoms. The summed E-state index contributed by atoms with van der Waals surface area (Å²) >= 11 is 0. The van der Waals surface area contributed by atoms with E-state index in [0.29, 0.717) is 5.56 Å². The Labute approximate surface area is 131 Å². The minimum Gasteiger partial charge on any atom is -0.360 e. The summed E-state index contributed by atoms with van der Waals surface area (Å²) < 4.78 is 5.88. The predicted octanol–water partition coefficient (Wildman–Crippen LogP) is 0.980. The Morgan fingerprint density at radius 2 is 2.00 bits per heavy atom. The van der Waals surface area contributed by atoms with Crippen LogP contribution < -0.4 is 10.7 Å². The molecule has 2 N–H and O–H groups in total. The number of carbonyl (C=O) groups excluding carboxylic acids is 1. The maximum absolute atomic E-state index is 12.5. The molecule has 2 saturated heterocycles. The van der Waals surface area contributed by atoms with E-state index in [1.165, 1.54) is 0 Å². The third-order valence-corrected chi connectivity index (χ3v) is 4.08. The molecule has 0 aromatic heterocycles. The molecule has 0 aliphatic carbocycles. The third-order valence-electron chi connectivity index (χ3n) is 4.08. The first-order chi connectivity index (χ1) is 10.8. The monoisotopic (exact) mass is 304 g/mol. The number of hydrazine groups is 2. The maximum atomic E-state index is 12.5. The molecule has 2 fully saturated rings. The number of nitrogens with zero attached hydrogens (tertiary/aromatic N) is 2. The first-order valence-electron chi connectivity index (χ1n) is 8.07. The fourth-order valence-corrected chi connectivity index (χ4v) is 2.87. The minimum absolute atomic E-state index is 0.0699. The molecule has 1 atom stereocenters. The molecule has 0 bridgehead atoms. The molecule has 120 valence electrons. The molecule has 6 heteroatoms. The van der Waals surface area contributed by atoms with Crippen LogP contribution in [0.5, 0.6) is 0 Å². The summed E-state index contributed by atoms with van der Waals surface area (Å²) in [4.78, 5) is 12.5. The average Bonchev–Trinajstić information content (AvgIpc) is 2.62. The molecule has 0 radical (unpaired) electrons. The molecule has 2 aliphatic heterocycles. The summed E-state index contributed by atoms with van der Waals surface area (Å²) in [5.41, 5.74) is 3.71. The number of ether oxygens (including phenoxy) is 1. The second kappa shape index (κ2) is 7.69. The lowest BCUT2D eigenvalue weighted by molar-refractivity contribution is -0.203. The van der Waals surface area contributed by atoms with Crippen LogP contribution in [-0.4, -0.2) is 55.0 Å². The predicted molar refractivity (Wildman–Crippen MR) is 83.8 cm³/mol. The standard InChI is InChI=1S/C16H24N4O2/c21-16(14-6-2-1-3-7-14)18-20(15-8-4-5-13-22-15)19-11-9-17-10-12-19/h1-3,6-7,15,17H,4-5,8-13H2,(H,18,21). The zero-order chi connectivity index (χ0) is 15.2. The molecule has 1 aromatic carbocycles. The van der Waals surface area contributed by atoms with Crippen molar-refractivity contribution in [1.82, 2.24) is 20.9 Å². The smallest absolute Gasteiger partial charge is 0.266 e. The average molecular weight is 304 g/mol. The van der Waals surface area contributed by atoms with Gasteiger partial charge < -0.3 is 10.1 Å². The van der Waals surface area contributed by atoms with Gasteiger partial charge in [-0.25, -0.2) is 5.01 Å². The van der Waals surface area contributed by atoms with E-state index in [1.54, 1.807) is 0 Å². The summed E-state index contributed by atoms with van der Waals surface area (Å²) in [7, 11) is 0. The SMILES string of the molecule is O=C(NN(C1CCCCO1)N1CCNCC1)c1ccccc1. The van der Waals surface area contributed by atoms with Crippen LogP contribution in [0.1, 0.15) is 29.6 Å². The number of hydrogen-bond donors (Lipinski definition) is 2. The van der Waals surface area contributed by atoms with Gasteiger partial charge >= 0.3 is 0 Å². The Balaban J connectivity index is 1.71. The largest absolute Gasteiger partial charge is 0.360 e. The lowest BCUT2D eigenvalue weighted by atomic mass is 10.2. The van der Waals surface area contributed by atoms with Crippen molar-refractivity contribution < 1.29 is 9.53 Å². The van der Waals surface area contributed by atoms with Gasteiger partial charge in [0, 0.05) is 38.3 Å². The van der Waals surface area contributed by atoms with Crippen LogP contribution in [-0.2, 0) is 4.74 Å². The van der Waals surface area contributed by atoms with Gasteiger partial charge in [0.05, 0.1) is 0 Å². The van der Waals surface area contributed by atoms with Crippen LogP contribution in [0.4, 0.5) is 0 Å². The van der Waals surface area contributed by atoms with E-state index in [4.69, 9.17) is 4.74 Å². The van der Waals surface area contributed by atoms with Crippen molar-refractivity contribution in [2.45, 2.75) is 25.5 Å². The molecule has 0 spiro atoms. The summed E-state index contributed by atoms with van der Waals surface area (Å²) in [5, 5.41) is 7.42. The quantitative estimate of drug-likeness (QED) is 0.812. The Hall–Kier alpha value is -1.47. The zero-order valence-corrected chi connectivity index (χ0v) is 12.8. The number of amides is 1. The van der Waals surface area contributed by atoms with Crippen LogP contribution in [0, 0.1) is 0 Å². The molecule has 0 saturated carbocycles. The molecule has 6 nitrogen and oxygen atoms in total. The zero-order valence-electron chi connectivity index (χ0n) is 12.8. The number of nitrogens with one attached hydrogen (secondary N) is 2. The molecular weight excluding hydrogens is 280 g/mol. The van der Waals surface area contributed by atoms with Crippen LogP contribution in [0.2, 0.25) is 0 Å². The van der Waals surface area contributed by atoms with E-state index in [0.717, 1.165) is 52.0 Å². The van der Waals surface area contributed by atoms with Crippen molar-refractivity contribution in [3.63, 3.8) is 0 Å². The Morgan fingerprint density at radius 1 is 1.23 bits per heavy atom. The minimum atomic E-state index is -0.0895. The summed E-state index contributed by atoms with van der Waals surface area (Å²) in [6.45, 7) is 4.34. The van der Waals surface area contributed by atoms with Crippen molar-refractivity contribution in [3.8, 4) is 0 Å². The molecule has 3 rings (SSSR count). The highest BCUT2D eigenvalue weighted by Crippen LogP contribution is 2.17. The normalized spacial score (nSPS) is 23.4. The topological polar surface area (TPSA) is 56.8 Å². The molecule has 1 aromatic rings. The van der Waals surface area contributed by atoms with Gasteiger partial charge in [-0.05, 0) is 31.4 Å². The Kier molecular flexibility index (Phi) is 5.39. The summed E-state index contributed by atoms with van der Waals surface area (Å²) in [6.07, 6.45) is 3.10. The maximum Gasteiger partial charge on any atom is 0.266 e. The van der Waals surface area contributed by atoms with Gasteiger partial charge in [0.15, 0.2) is 0 Å². The van der Waals surface area contributed by atoms with Gasteiger partial charge in [0.2, 0.25) is 0 Å². The first kappa shape index (κ1) is 15.4. The van der Waals surface area contributed by atoms with Gasteiger partial charge in [-0.1, -0.05) is 18.2 Å². The lowest BCUT2D eigenvalue weighted by Gasteiger charge is -2.42. The number of carbonyl (C=O) groups is 1. The van der Waals surface area contributed by atoms with Gasteiger partial charge in [0.25, 0.3) is 5.91 Å². The molecule has 2 aliphatic rings. The molecular formula is C16H24N4O2. The van der Waals surface area contributed by atoms with Crippen LogP contribution in [0.3, 0.4) is 0 Å². The van der Waals surface area contributed by atoms with E-state index >= 15 is 0 Å². The first-order valence-corrected chi connectivity index (χ1v) is 8.07. The van der Waals surface area contributed by atoms with E-state index < -0.39 is 0 Å². The highest BCUT2D eigenvalue weighted by molar-refractivity contribution is 5.93. The number of piperazine rings is 1. The van der Waals surface area contributed by atoms with Gasteiger partial charge in [-0.2, -0.15) is 0 Å². The third kappa shape index (κ3) is 3.84. The van der Waals surface area contributed by atoms with Crippen LogP contribution >= 0.6 is 0 Å². The highest BCUT2D eigenvalue weighted by atomic mass is 16.5. The fourth-order valence-electron chi connectivity index (χ4n) is 2.87. The van der Waals surface area contributed by atoms with E-state index in [9.17, 15) is 4.79 Å². The van der Waals surface area contributed by atoms with Crippen LogP contribution in [0.25, 0.3) is 0 Å². The van der Waals surface area contributed by atoms with Crippen molar-refractivity contribution >= 4 is 5.91 Å².